The van der Waals surface area contributed by atoms with Crippen LogP contribution in [0.15, 0.2) is 89.6 Å². The van der Waals surface area contributed by atoms with Gasteiger partial charge in [0.05, 0.1) is 11.3 Å². The minimum atomic E-state index is -0.100. The fourth-order valence-electron chi connectivity index (χ4n) is 3.75. The number of thioether (sulfide) groups is 1. The van der Waals surface area contributed by atoms with E-state index in [-0.39, 0.29) is 5.78 Å². The smallest absolute Gasteiger partial charge is 0.231 e. The maximum Gasteiger partial charge on any atom is 0.231 e. The summed E-state index contributed by atoms with van der Waals surface area (Å²) in [6.07, 6.45) is 3.74. The van der Waals surface area contributed by atoms with Gasteiger partial charge in [-0.05, 0) is 55.2 Å². The molecule has 2 heterocycles. The number of Topliss-reactive ketones (excluding diaryl/α,β-unsaturated/α-hetero) is 1. The molecule has 0 fully saturated rings. The van der Waals surface area contributed by atoms with Crippen molar-refractivity contribution in [3.05, 3.63) is 101 Å². The quantitative estimate of drug-likeness (QED) is 0.261. The standard InChI is InChI=1S/C27H22N2O2S/c1-3-32-22-12-10-19(11-13-22)26-20(17-29(28-26)21-7-5-4-6-8-21)16-25-27(30)23-15-18(2)9-14-24(23)31-25/h4-17H,3H2,1-2H3/b25-16-. The number of ether oxygens (including phenoxy) is 1. The summed E-state index contributed by atoms with van der Waals surface area (Å²) in [5.41, 5.74) is 5.22. The molecule has 32 heavy (non-hydrogen) atoms. The number of aromatic nitrogens is 2. The second-order valence-corrected chi connectivity index (χ2v) is 8.95. The van der Waals surface area contributed by atoms with Crippen molar-refractivity contribution in [1.82, 2.24) is 9.78 Å². The molecule has 4 aromatic rings. The zero-order chi connectivity index (χ0) is 22.1. The average Bonchev–Trinajstić information content (AvgIpc) is 3.37. The van der Waals surface area contributed by atoms with Gasteiger partial charge in [-0.2, -0.15) is 5.10 Å². The lowest BCUT2D eigenvalue weighted by Gasteiger charge is -2.03. The van der Waals surface area contributed by atoms with E-state index in [9.17, 15) is 4.79 Å². The maximum absolute atomic E-state index is 13.0. The van der Waals surface area contributed by atoms with Gasteiger partial charge in [-0.15, -0.1) is 11.8 Å². The molecule has 0 bridgehead atoms. The first-order chi connectivity index (χ1) is 15.6. The number of fused-ring (bicyclic) bond motifs is 1. The Balaban J connectivity index is 1.59. The highest BCUT2D eigenvalue weighted by Gasteiger charge is 2.28. The number of hydrogen-bond donors (Lipinski definition) is 0. The zero-order valence-corrected chi connectivity index (χ0v) is 18.7. The molecular formula is C27H22N2O2S. The Bertz CT molecular complexity index is 1320. The molecule has 0 N–H and O–H groups in total. The van der Waals surface area contributed by atoms with Crippen molar-refractivity contribution in [1.29, 1.82) is 0 Å². The number of ketones is 1. The van der Waals surface area contributed by atoms with Crippen LogP contribution in [-0.4, -0.2) is 21.3 Å². The van der Waals surface area contributed by atoms with Gasteiger partial charge in [0.1, 0.15) is 11.4 Å². The molecule has 0 saturated heterocycles. The molecule has 0 spiro atoms. The molecule has 0 radical (unpaired) electrons. The predicted octanol–water partition coefficient (Wildman–Crippen LogP) is 6.58. The van der Waals surface area contributed by atoms with Crippen LogP contribution in [0.4, 0.5) is 0 Å². The molecule has 4 nitrogen and oxygen atoms in total. The normalized spacial score (nSPS) is 13.9. The van der Waals surface area contributed by atoms with Gasteiger partial charge < -0.3 is 4.74 Å². The number of rotatable bonds is 5. The summed E-state index contributed by atoms with van der Waals surface area (Å²) in [5, 5.41) is 4.86. The second kappa shape index (κ2) is 8.52. The maximum atomic E-state index is 13.0. The largest absolute Gasteiger partial charge is 0.452 e. The molecule has 0 amide bonds. The number of carbonyl (C=O) groups is 1. The van der Waals surface area contributed by atoms with Crippen LogP contribution >= 0.6 is 11.8 Å². The third-order valence-corrected chi connectivity index (χ3v) is 6.21. The topological polar surface area (TPSA) is 44.1 Å². The molecule has 1 aliphatic rings. The minimum Gasteiger partial charge on any atom is -0.452 e. The van der Waals surface area contributed by atoms with E-state index in [1.165, 1.54) is 4.90 Å². The highest BCUT2D eigenvalue weighted by Crippen LogP contribution is 2.34. The van der Waals surface area contributed by atoms with Crippen LogP contribution in [0.1, 0.15) is 28.4 Å². The number of benzene rings is 3. The molecule has 0 unspecified atom stereocenters. The predicted molar refractivity (Wildman–Crippen MR) is 130 cm³/mol. The summed E-state index contributed by atoms with van der Waals surface area (Å²) in [5.74, 6) is 1.85. The van der Waals surface area contributed by atoms with E-state index in [4.69, 9.17) is 9.84 Å². The van der Waals surface area contributed by atoms with Gasteiger partial charge in [0.2, 0.25) is 5.78 Å². The van der Waals surface area contributed by atoms with Crippen LogP contribution in [0.3, 0.4) is 0 Å². The molecular weight excluding hydrogens is 416 g/mol. The van der Waals surface area contributed by atoms with Crippen LogP contribution in [0.25, 0.3) is 23.0 Å². The highest BCUT2D eigenvalue weighted by atomic mass is 32.2. The van der Waals surface area contributed by atoms with E-state index < -0.39 is 0 Å². The van der Waals surface area contributed by atoms with Crippen molar-refractivity contribution in [2.45, 2.75) is 18.7 Å². The summed E-state index contributed by atoms with van der Waals surface area (Å²) in [7, 11) is 0. The zero-order valence-electron chi connectivity index (χ0n) is 17.9. The number of hydrogen-bond acceptors (Lipinski definition) is 4. The van der Waals surface area contributed by atoms with Crippen LogP contribution in [-0.2, 0) is 0 Å². The molecule has 5 heteroatoms. The number of nitrogens with zero attached hydrogens (tertiary/aromatic N) is 2. The Morgan fingerprint density at radius 3 is 2.56 bits per heavy atom. The molecule has 1 aromatic heterocycles. The van der Waals surface area contributed by atoms with E-state index in [1.807, 2.05) is 66.3 Å². The van der Waals surface area contributed by atoms with E-state index in [2.05, 4.69) is 31.2 Å². The lowest BCUT2D eigenvalue weighted by molar-refractivity contribution is 0.101. The average molecular weight is 439 g/mol. The van der Waals surface area contributed by atoms with Crippen molar-refractivity contribution in [3.63, 3.8) is 0 Å². The van der Waals surface area contributed by atoms with Gasteiger partial charge in [-0.1, -0.05) is 48.9 Å². The van der Waals surface area contributed by atoms with Crippen LogP contribution in [0, 0.1) is 6.92 Å². The molecule has 0 saturated carbocycles. The first-order valence-electron chi connectivity index (χ1n) is 10.6. The lowest BCUT2D eigenvalue weighted by atomic mass is 10.0. The van der Waals surface area contributed by atoms with Crippen LogP contribution < -0.4 is 4.74 Å². The van der Waals surface area contributed by atoms with Crippen molar-refractivity contribution >= 4 is 23.6 Å². The minimum absolute atomic E-state index is 0.100. The number of allylic oxidation sites excluding steroid dienone is 1. The van der Waals surface area contributed by atoms with E-state index in [0.717, 1.165) is 33.8 Å². The fourth-order valence-corrected chi connectivity index (χ4v) is 4.41. The van der Waals surface area contributed by atoms with Gasteiger partial charge in [0.15, 0.2) is 5.76 Å². The molecule has 158 valence electrons. The fraction of sp³-hybridized carbons (Fsp3) is 0.111. The van der Waals surface area contributed by atoms with Crippen molar-refractivity contribution in [2.75, 3.05) is 5.75 Å². The Morgan fingerprint density at radius 1 is 1.03 bits per heavy atom. The van der Waals surface area contributed by atoms with Crippen molar-refractivity contribution < 1.29 is 9.53 Å². The number of aryl methyl sites for hydroxylation is 1. The Morgan fingerprint density at radius 2 is 1.81 bits per heavy atom. The monoisotopic (exact) mass is 438 g/mol. The van der Waals surface area contributed by atoms with E-state index in [0.29, 0.717) is 17.1 Å². The summed E-state index contributed by atoms with van der Waals surface area (Å²) >= 11 is 1.80. The van der Waals surface area contributed by atoms with Gasteiger partial charge in [0, 0.05) is 22.2 Å². The van der Waals surface area contributed by atoms with Gasteiger partial charge >= 0.3 is 0 Å². The first-order valence-corrected chi connectivity index (χ1v) is 11.5. The van der Waals surface area contributed by atoms with Crippen molar-refractivity contribution in [3.8, 4) is 22.7 Å². The molecule has 3 aromatic carbocycles. The molecule has 5 rings (SSSR count). The highest BCUT2D eigenvalue weighted by molar-refractivity contribution is 7.99. The lowest BCUT2D eigenvalue weighted by Crippen LogP contribution is -1.98. The third kappa shape index (κ3) is 3.87. The van der Waals surface area contributed by atoms with Gasteiger partial charge in [-0.3, -0.25) is 4.79 Å². The van der Waals surface area contributed by atoms with Crippen LogP contribution in [0.2, 0.25) is 0 Å². The van der Waals surface area contributed by atoms with Crippen LogP contribution in [0.5, 0.6) is 5.75 Å². The SMILES string of the molecule is CCSc1ccc(-c2nn(-c3ccccc3)cc2/C=C2\Oc3ccc(C)cc3C2=O)cc1. The Hall–Kier alpha value is -3.57. The number of para-hydroxylation sites is 1. The summed E-state index contributed by atoms with van der Waals surface area (Å²) < 4.78 is 7.75. The Kier molecular flexibility index (Phi) is 5.41. The van der Waals surface area contributed by atoms with E-state index >= 15 is 0 Å². The molecule has 0 aliphatic carbocycles. The third-order valence-electron chi connectivity index (χ3n) is 5.31. The molecule has 1 aliphatic heterocycles. The summed E-state index contributed by atoms with van der Waals surface area (Å²) in [6.45, 7) is 4.11. The number of carbonyl (C=O) groups excluding carboxylic acids is 1. The van der Waals surface area contributed by atoms with Gasteiger partial charge in [-0.25, -0.2) is 4.68 Å². The summed E-state index contributed by atoms with van der Waals surface area (Å²) in [6, 6.07) is 24.0. The van der Waals surface area contributed by atoms with Gasteiger partial charge in [0.25, 0.3) is 0 Å². The summed E-state index contributed by atoms with van der Waals surface area (Å²) in [4.78, 5) is 14.2. The van der Waals surface area contributed by atoms with E-state index in [1.54, 1.807) is 17.8 Å². The molecule has 0 atom stereocenters. The Labute approximate surface area is 191 Å². The van der Waals surface area contributed by atoms with Crippen molar-refractivity contribution in [2.24, 2.45) is 0 Å². The second-order valence-electron chi connectivity index (χ2n) is 7.61. The first kappa shape index (κ1) is 20.3.